The summed E-state index contributed by atoms with van der Waals surface area (Å²) in [6, 6.07) is 0. The summed E-state index contributed by atoms with van der Waals surface area (Å²) in [5.74, 6) is -1.63. The number of allylic oxidation sites excluding steroid dienone is 6. The van der Waals surface area contributed by atoms with Crippen LogP contribution in [0, 0.1) is 0 Å². The van der Waals surface area contributed by atoms with Gasteiger partial charge in [0.1, 0.15) is 0 Å². The van der Waals surface area contributed by atoms with Crippen LogP contribution in [0.5, 0.6) is 0 Å². The van der Waals surface area contributed by atoms with Crippen LogP contribution < -0.4 is 0 Å². The molecule has 3 aliphatic carbocycles. The minimum Gasteiger partial charge on any atom is -0.358 e. The highest BCUT2D eigenvalue weighted by Crippen LogP contribution is 2.55. The summed E-state index contributed by atoms with van der Waals surface area (Å²) in [5.41, 5.74) is 3.51. The summed E-state index contributed by atoms with van der Waals surface area (Å²) >= 11 is 0. The molecule has 0 unspecified atom stereocenters. The number of hydrogen-bond acceptors (Lipinski definition) is 2. The first-order valence-electron chi connectivity index (χ1n) is 4.66. The molecule has 0 aliphatic heterocycles. The molecule has 0 heterocycles. The maximum Gasteiger partial charge on any atom is 0.218 e. The maximum absolute atomic E-state index is 9.47. The molecule has 14 heavy (non-hydrogen) atoms. The van der Waals surface area contributed by atoms with E-state index in [0.717, 1.165) is 12.0 Å². The lowest BCUT2D eigenvalue weighted by Crippen LogP contribution is -2.16. The van der Waals surface area contributed by atoms with Gasteiger partial charge in [-0.2, -0.15) is 0 Å². The Morgan fingerprint density at radius 2 is 2.00 bits per heavy atom. The molecule has 0 radical (unpaired) electrons. The van der Waals surface area contributed by atoms with Crippen LogP contribution in [0.15, 0.2) is 58.7 Å². The molecule has 2 nitrogen and oxygen atoms in total. The topological polar surface area (TPSA) is 40.5 Å². The molecule has 3 rings (SSSR count). The predicted molar refractivity (Wildman–Crippen MR) is 53.3 cm³/mol. The first kappa shape index (κ1) is 7.97. The second kappa shape index (κ2) is 2.35. The molecule has 2 N–H and O–H groups in total. The van der Waals surface area contributed by atoms with E-state index in [0.29, 0.717) is 11.1 Å². The fourth-order valence-electron chi connectivity index (χ4n) is 2.05. The van der Waals surface area contributed by atoms with Gasteiger partial charge in [-0.15, -0.1) is 0 Å². The second-order valence-electron chi connectivity index (χ2n) is 3.73. The van der Waals surface area contributed by atoms with E-state index in [1.807, 2.05) is 30.4 Å². The van der Waals surface area contributed by atoms with Crippen LogP contribution in [0.2, 0.25) is 0 Å². The van der Waals surface area contributed by atoms with Gasteiger partial charge >= 0.3 is 0 Å². The summed E-state index contributed by atoms with van der Waals surface area (Å²) in [5, 5.41) is 18.9. The van der Waals surface area contributed by atoms with E-state index >= 15 is 0 Å². The van der Waals surface area contributed by atoms with Crippen molar-refractivity contribution in [3.05, 3.63) is 58.7 Å². The van der Waals surface area contributed by atoms with E-state index in [4.69, 9.17) is 0 Å². The number of hydrogen-bond donors (Lipinski definition) is 2. The molecular weight excluding hydrogens is 176 g/mol. The van der Waals surface area contributed by atoms with Crippen molar-refractivity contribution < 1.29 is 10.2 Å². The Bertz CT molecular complexity index is 457. The van der Waals surface area contributed by atoms with Crippen molar-refractivity contribution in [3.63, 3.8) is 0 Å². The molecule has 0 fully saturated rings. The molecule has 70 valence electrons. The van der Waals surface area contributed by atoms with Crippen molar-refractivity contribution in [2.75, 3.05) is 0 Å². The standard InChI is InChI=1S/C12H10O2/c13-12(14)10-7-8-5-3-1-2-4-6-9(8)11(10)12/h1-4,6-7,13-14H,5H2. The summed E-state index contributed by atoms with van der Waals surface area (Å²) in [6.45, 7) is 0. The van der Waals surface area contributed by atoms with Crippen LogP contribution in [0.4, 0.5) is 0 Å². The highest BCUT2D eigenvalue weighted by atomic mass is 16.5. The molecule has 0 aromatic carbocycles. The summed E-state index contributed by atoms with van der Waals surface area (Å²) in [7, 11) is 0. The van der Waals surface area contributed by atoms with E-state index in [9.17, 15) is 10.2 Å². The van der Waals surface area contributed by atoms with Crippen molar-refractivity contribution in [1.82, 2.24) is 0 Å². The van der Waals surface area contributed by atoms with Crippen LogP contribution in [0.25, 0.3) is 0 Å². The monoisotopic (exact) mass is 186 g/mol. The zero-order valence-corrected chi connectivity index (χ0v) is 7.57. The molecule has 0 bridgehead atoms. The van der Waals surface area contributed by atoms with Gasteiger partial charge in [0.05, 0.1) is 0 Å². The van der Waals surface area contributed by atoms with Crippen molar-refractivity contribution >= 4 is 0 Å². The average molecular weight is 186 g/mol. The third kappa shape index (κ3) is 0.870. The molecule has 0 atom stereocenters. The molecule has 0 amide bonds. The number of rotatable bonds is 0. The summed E-state index contributed by atoms with van der Waals surface area (Å²) in [4.78, 5) is 0. The highest BCUT2D eigenvalue weighted by Gasteiger charge is 2.54. The Kier molecular flexibility index (Phi) is 1.34. The second-order valence-corrected chi connectivity index (χ2v) is 3.73. The molecule has 0 spiro atoms. The van der Waals surface area contributed by atoms with Gasteiger partial charge in [-0.1, -0.05) is 30.4 Å². The van der Waals surface area contributed by atoms with Crippen molar-refractivity contribution in [2.24, 2.45) is 0 Å². The van der Waals surface area contributed by atoms with E-state index in [1.165, 1.54) is 5.57 Å². The zero-order chi connectivity index (χ0) is 9.76. The lowest BCUT2D eigenvalue weighted by atomic mass is 9.97. The SMILES string of the molecule is OC1(O)C2=C1C1=CC=CC=CCC1=C2. The number of aliphatic hydroxyl groups is 2. The molecule has 2 heteroatoms. The Hall–Kier alpha value is -1.38. The van der Waals surface area contributed by atoms with Gasteiger partial charge in [-0.05, 0) is 23.6 Å². The largest absolute Gasteiger partial charge is 0.358 e. The highest BCUT2D eigenvalue weighted by molar-refractivity contribution is 5.77. The lowest BCUT2D eigenvalue weighted by Gasteiger charge is -2.13. The smallest absolute Gasteiger partial charge is 0.218 e. The van der Waals surface area contributed by atoms with Crippen LogP contribution in [-0.2, 0) is 0 Å². The van der Waals surface area contributed by atoms with Gasteiger partial charge in [0.2, 0.25) is 5.79 Å². The Labute approximate surface area is 81.9 Å². The third-order valence-corrected chi connectivity index (χ3v) is 2.82. The molecule has 0 saturated carbocycles. The minimum absolute atomic E-state index is 0.669. The van der Waals surface area contributed by atoms with Crippen LogP contribution in [-0.4, -0.2) is 16.0 Å². The molecular formula is C12H10O2. The van der Waals surface area contributed by atoms with Crippen molar-refractivity contribution in [1.29, 1.82) is 0 Å². The quantitative estimate of drug-likeness (QED) is 0.561. The summed E-state index contributed by atoms with van der Waals surface area (Å²) < 4.78 is 0. The molecule has 0 saturated heterocycles. The van der Waals surface area contributed by atoms with Gasteiger partial charge < -0.3 is 10.2 Å². The fourth-order valence-corrected chi connectivity index (χ4v) is 2.05. The lowest BCUT2D eigenvalue weighted by molar-refractivity contribution is -0.0530. The van der Waals surface area contributed by atoms with Gasteiger partial charge in [0.25, 0.3) is 0 Å². The molecule has 3 aliphatic rings. The predicted octanol–water partition coefficient (Wildman–Crippen LogP) is 1.36. The first-order chi connectivity index (χ1) is 6.71. The normalized spacial score (nSPS) is 26.1. The van der Waals surface area contributed by atoms with E-state index in [2.05, 4.69) is 6.08 Å². The average Bonchev–Trinajstić information content (AvgIpc) is 2.50. The number of fused-ring (bicyclic) bond motifs is 2. The van der Waals surface area contributed by atoms with E-state index in [-0.39, 0.29) is 0 Å². The Balaban J connectivity index is 2.06. The van der Waals surface area contributed by atoms with Gasteiger partial charge in [-0.3, -0.25) is 0 Å². The summed E-state index contributed by atoms with van der Waals surface area (Å²) in [6.07, 6.45) is 12.6. The molecule has 0 aromatic heterocycles. The first-order valence-corrected chi connectivity index (χ1v) is 4.66. The fraction of sp³-hybridized carbons (Fsp3) is 0.167. The Morgan fingerprint density at radius 1 is 1.14 bits per heavy atom. The van der Waals surface area contributed by atoms with Gasteiger partial charge in [0, 0.05) is 11.1 Å². The van der Waals surface area contributed by atoms with Crippen LogP contribution >= 0.6 is 0 Å². The molecule has 0 aromatic rings. The minimum atomic E-state index is -1.63. The van der Waals surface area contributed by atoms with E-state index < -0.39 is 5.79 Å². The zero-order valence-electron chi connectivity index (χ0n) is 7.57. The van der Waals surface area contributed by atoms with Gasteiger partial charge in [0.15, 0.2) is 0 Å². The van der Waals surface area contributed by atoms with Crippen molar-refractivity contribution in [2.45, 2.75) is 12.2 Å². The van der Waals surface area contributed by atoms with Crippen molar-refractivity contribution in [3.8, 4) is 0 Å². The maximum atomic E-state index is 9.47. The Morgan fingerprint density at radius 3 is 2.86 bits per heavy atom. The third-order valence-electron chi connectivity index (χ3n) is 2.82. The van der Waals surface area contributed by atoms with Gasteiger partial charge in [-0.25, -0.2) is 0 Å². The van der Waals surface area contributed by atoms with Crippen LogP contribution in [0.3, 0.4) is 0 Å². The van der Waals surface area contributed by atoms with Crippen LogP contribution in [0.1, 0.15) is 6.42 Å². The van der Waals surface area contributed by atoms with E-state index in [1.54, 1.807) is 0 Å².